The molecule has 0 atom stereocenters. The van der Waals surface area contributed by atoms with Crippen molar-refractivity contribution in [1.82, 2.24) is 30.3 Å². The van der Waals surface area contributed by atoms with Crippen LogP contribution in [-0.2, 0) is 18.3 Å². The van der Waals surface area contributed by atoms with E-state index in [0.717, 1.165) is 69.8 Å². The molecule has 2 heterocycles. The summed E-state index contributed by atoms with van der Waals surface area (Å²) >= 11 is 0. The predicted molar refractivity (Wildman–Crippen MR) is 104 cm³/mol. The van der Waals surface area contributed by atoms with E-state index >= 15 is 0 Å². The molecule has 1 aliphatic rings. The van der Waals surface area contributed by atoms with Crippen molar-refractivity contribution in [2.24, 2.45) is 12.0 Å². The third kappa shape index (κ3) is 5.95. The molecule has 148 valence electrons. The van der Waals surface area contributed by atoms with Gasteiger partial charge in [0.1, 0.15) is 12.4 Å². The molecule has 0 spiro atoms. The molecule has 0 radical (unpaired) electrons. The van der Waals surface area contributed by atoms with Crippen LogP contribution in [0.2, 0.25) is 0 Å². The van der Waals surface area contributed by atoms with E-state index in [1.807, 2.05) is 18.5 Å². The van der Waals surface area contributed by atoms with Gasteiger partial charge in [0.2, 0.25) is 0 Å². The minimum absolute atomic E-state index is 0.0400. The van der Waals surface area contributed by atoms with Gasteiger partial charge in [0.05, 0.1) is 13.2 Å². The highest BCUT2D eigenvalue weighted by Crippen LogP contribution is 2.15. The molecule has 8 heteroatoms. The average Bonchev–Trinajstić information content (AvgIpc) is 2.96. The largest absolute Gasteiger partial charge is 0.379 e. The zero-order valence-corrected chi connectivity index (χ0v) is 17.0. The van der Waals surface area contributed by atoms with Crippen LogP contribution in [0.5, 0.6) is 0 Å². The zero-order valence-electron chi connectivity index (χ0n) is 17.0. The molecule has 1 aromatic heterocycles. The maximum absolute atomic E-state index is 5.47. The monoisotopic (exact) mass is 365 g/mol. The van der Waals surface area contributed by atoms with E-state index in [1.54, 1.807) is 0 Å². The molecule has 1 saturated heterocycles. The van der Waals surface area contributed by atoms with Gasteiger partial charge >= 0.3 is 0 Å². The number of unbranched alkanes of at least 4 members (excludes halogenated alkanes) is 1. The number of aryl methyl sites for hydroxylation is 1. The highest BCUT2D eigenvalue weighted by Gasteiger charge is 2.28. The normalized spacial score (nSPS) is 16.7. The summed E-state index contributed by atoms with van der Waals surface area (Å²) in [4.78, 5) is 7.19. The van der Waals surface area contributed by atoms with Crippen molar-refractivity contribution in [3.05, 3.63) is 11.6 Å². The summed E-state index contributed by atoms with van der Waals surface area (Å²) in [7, 11) is 1.97. The molecule has 0 aliphatic carbocycles. The zero-order chi connectivity index (χ0) is 19.0. The van der Waals surface area contributed by atoms with E-state index in [-0.39, 0.29) is 5.54 Å². The number of hydrogen-bond donors (Lipinski definition) is 2. The van der Waals surface area contributed by atoms with Crippen molar-refractivity contribution in [3.63, 3.8) is 0 Å². The molecular formula is C18H35N7O. The van der Waals surface area contributed by atoms with Crippen molar-refractivity contribution in [3.8, 4) is 0 Å². The lowest BCUT2D eigenvalue weighted by Crippen LogP contribution is -2.56. The summed E-state index contributed by atoms with van der Waals surface area (Å²) in [6, 6.07) is 0. The quantitative estimate of drug-likeness (QED) is 0.408. The molecule has 8 nitrogen and oxygen atoms in total. The summed E-state index contributed by atoms with van der Waals surface area (Å²) in [6.45, 7) is 14.5. The average molecular weight is 366 g/mol. The van der Waals surface area contributed by atoms with Gasteiger partial charge in [-0.2, -0.15) is 0 Å². The van der Waals surface area contributed by atoms with Gasteiger partial charge in [0.25, 0.3) is 0 Å². The van der Waals surface area contributed by atoms with Crippen LogP contribution in [0.4, 0.5) is 0 Å². The van der Waals surface area contributed by atoms with E-state index < -0.39 is 0 Å². The van der Waals surface area contributed by atoms with Crippen LogP contribution in [0.15, 0.2) is 4.99 Å². The number of nitrogens with zero attached hydrogens (tertiary/aromatic N) is 5. The smallest absolute Gasteiger partial charge is 0.191 e. The second-order valence-electron chi connectivity index (χ2n) is 7.43. The minimum Gasteiger partial charge on any atom is -0.379 e. The Kier molecular flexibility index (Phi) is 7.84. The Balaban J connectivity index is 1.96. The summed E-state index contributed by atoms with van der Waals surface area (Å²) in [6.07, 6.45) is 2.28. The van der Waals surface area contributed by atoms with Crippen LogP contribution < -0.4 is 10.6 Å². The van der Waals surface area contributed by atoms with Crippen LogP contribution in [0, 0.1) is 6.92 Å². The molecule has 1 aromatic rings. The lowest BCUT2D eigenvalue weighted by molar-refractivity contribution is -0.00834. The molecular weight excluding hydrogens is 330 g/mol. The Morgan fingerprint density at radius 1 is 1.23 bits per heavy atom. The first-order valence-electron chi connectivity index (χ1n) is 9.64. The standard InChI is InChI=1S/C18H35N7O/c1-6-7-8-19-17(20-13-16-23-22-15(2)24(16)5)21-14-18(3,4)25-9-11-26-12-10-25/h6-14H2,1-5H3,(H2,19,20,21). The first-order valence-corrected chi connectivity index (χ1v) is 9.64. The SMILES string of the molecule is CCCCNC(=NCc1nnc(C)n1C)NCC(C)(C)N1CCOCC1. The van der Waals surface area contributed by atoms with E-state index in [9.17, 15) is 0 Å². The van der Waals surface area contributed by atoms with Gasteiger partial charge in [-0.05, 0) is 27.2 Å². The fraction of sp³-hybridized carbons (Fsp3) is 0.833. The molecule has 0 saturated carbocycles. The van der Waals surface area contributed by atoms with E-state index in [4.69, 9.17) is 9.73 Å². The number of morpholine rings is 1. The Morgan fingerprint density at radius 3 is 2.58 bits per heavy atom. The molecule has 2 rings (SSSR count). The summed E-state index contributed by atoms with van der Waals surface area (Å²) in [5.74, 6) is 2.60. The first-order chi connectivity index (χ1) is 12.4. The number of aliphatic imine (C=N–C) groups is 1. The van der Waals surface area contributed by atoms with Gasteiger partial charge in [-0.15, -0.1) is 10.2 Å². The highest BCUT2D eigenvalue weighted by atomic mass is 16.5. The van der Waals surface area contributed by atoms with Crippen LogP contribution in [0.3, 0.4) is 0 Å². The van der Waals surface area contributed by atoms with Gasteiger partial charge in [0, 0.05) is 38.8 Å². The van der Waals surface area contributed by atoms with Gasteiger partial charge in [-0.3, -0.25) is 4.90 Å². The maximum Gasteiger partial charge on any atom is 0.191 e. The van der Waals surface area contributed by atoms with Gasteiger partial charge in [-0.1, -0.05) is 13.3 Å². The minimum atomic E-state index is 0.0400. The maximum atomic E-state index is 5.47. The molecule has 26 heavy (non-hydrogen) atoms. The topological polar surface area (TPSA) is 79.6 Å². The summed E-state index contributed by atoms with van der Waals surface area (Å²) in [5.41, 5.74) is 0.0400. The second-order valence-corrected chi connectivity index (χ2v) is 7.43. The van der Waals surface area contributed by atoms with Crippen molar-refractivity contribution >= 4 is 5.96 Å². The fourth-order valence-corrected chi connectivity index (χ4v) is 2.88. The van der Waals surface area contributed by atoms with Crippen molar-refractivity contribution in [1.29, 1.82) is 0 Å². The number of hydrogen-bond acceptors (Lipinski definition) is 5. The number of ether oxygens (including phenoxy) is 1. The number of rotatable bonds is 8. The lowest BCUT2D eigenvalue weighted by atomic mass is 10.0. The van der Waals surface area contributed by atoms with Crippen LogP contribution >= 0.6 is 0 Å². The lowest BCUT2D eigenvalue weighted by Gasteiger charge is -2.41. The third-order valence-electron chi connectivity index (χ3n) is 4.94. The Morgan fingerprint density at radius 2 is 1.96 bits per heavy atom. The van der Waals surface area contributed by atoms with Crippen LogP contribution in [0.1, 0.15) is 45.3 Å². The van der Waals surface area contributed by atoms with Crippen LogP contribution in [0.25, 0.3) is 0 Å². The Hall–Kier alpha value is -1.67. The van der Waals surface area contributed by atoms with E-state index in [2.05, 4.69) is 46.5 Å². The van der Waals surface area contributed by atoms with Crippen molar-refractivity contribution in [2.75, 3.05) is 39.4 Å². The van der Waals surface area contributed by atoms with Gasteiger partial charge < -0.3 is 19.9 Å². The fourth-order valence-electron chi connectivity index (χ4n) is 2.88. The number of nitrogens with one attached hydrogen (secondary N) is 2. The molecule has 0 aromatic carbocycles. The predicted octanol–water partition coefficient (Wildman–Crippen LogP) is 1.07. The molecule has 0 bridgehead atoms. The summed E-state index contributed by atoms with van der Waals surface area (Å²) in [5, 5.41) is 15.2. The Bertz CT molecular complexity index is 576. The first kappa shape index (κ1) is 20.6. The summed E-state index contributed by atoms with van der Waals surface area (Å²) < 4.78 is 7.45. The van der Waals surface area contributed by atoms with E-state index in [0.29, 0.717) is 6.54 Å². The van der Waals surface area contributed by atoms with Gasteiger partial charge in [0.15, 0.2) is 11.8 Å². The third-order valence-corrected chi connectivity index (χ3v) is 4.94. The van der Waals surface area contributed by atoms with E-state index in [1.165, 1.54) is 0 Å². The second kappa shape index (κ2) is 9.87. The highest BCUT2D eigenvalue weighted by molar-refractivity contribution is 5.79. The van der Waals surface area contributed by atoms with Crippen LogP contribution in [-0.4, -0.2) is 70.6 Å². The number of guanidine groups is 1. The number of aromatic nitrogens is 3. The molecule has 2 N–H and O–H groups in total. The molecule has 0 unspecified atom stereocenters. The molecule has 0 amide bonds. The van der Waals surface area contributed by atoms with Crippen molar-refractivity contribution < 1.29 is 4.74 Å². The van der Waals surface area contributed by atoms with Crippen molar-refractivity contribution in [2.45, 2.75) is 52.6 Å². The Labute approximate surface area is 157 Å². The van der Waals surface area contributed by atoms with Gasteiger partial charge in [-0.25, -0.2) is 4.99 Å². The molecule has 1 fully saturated rings. The molecule has 1 aliphatic heterocycles.